The molecule has 0 fully saturated rings. The molecule has 0 aliphatic rings. The van der Waals surface area contributed by atoms with E-state index in [1.54, 1.807) is 30.3 Å². The van der Waals surface area contributed by atoms with E-state index in [-0.39, 0.29) is 18.4 Å². The average molecular weight is 332 g/mol. The van der Waals surface area contributed by atoms with Crippen molar-refractivity contribution in [3.63, 3.8) is 0 Å². The van der Waals surface area contributed by atoms with E-state index in [0.29, 0.717) is 16.1 Å². The highest BCUT2D eigenvalue weighted by molar-refractivity contribution is 6.31. The van der Waals surface area contributed by atoms with Crippen molar-refractivity contribution in [2.45, 2.75) is 19.4 Å². The number of rotatable bonds is 5. The zero-order valence-corrected chi connectivity index (χ0v) is 13.8. The lowest BCUT2D eigenvalue weighted by atomic mass is 10.0. The van der Waals surface area contributed by atoms with Gasteiger partial charge in [0.15, 0.2) is 0 Å². The minimum atomic E-state index is -0.451. The maximum absolute atomic E-state index is 12.3. The van der Waals surface area contributed by atoms with E-state index in [4.69, 9.17) is 16.3 Å². The van der Waals surface area contributed by atoms with Crippen LogP contribution >= 0.6 is 11.6 Å². The predicted octanol–water partition coefficient (Wildman–Crippen LogP) is 3.55. The van der Waals surface area contributed by atoms with Gasteiger partial charge in [0, 0.05) is 5.02 Å². The van der Waals surface area contributed by atoms with Crippen molar-refractivity contribution in [2.75, 3.05) is 7.11 Å². The van der Waals surface area contributed by atoms with Crippen molar-refractivity contribution < 1.29 is 14.3 Å². The summed E-state index contributed by atoms with van der Waals surface area (Å²) in [6, 6.07) is 14.1. The molecule has 0 aliphatic heterocycles. The third-order valence-corrected chi connectivity index (χ3v) is 3.87. The van der Waals surface area contributed by atoms with Crippen LogP contribution in [-0.4, -0.2) is 19.0 Å². The number of hydrogen-bond donors (Lipinski definition) is 1. The molecule has 0 saturated carbocycles. The maximum Gasteiger partial charge on any atom is 0.338 e. The van der Waals surface area contributed by atoms with E-state index in [9.17, 15) is 9.59 Å². The van der Waals surface area contributed by atoms with Crippen LogP contribution in [0, 0.1) is 0 Å². The normalized spacial score (nSPS) is 11.6. The molecule has 1 amide bonds. The maximum atomic E-state index is 12.3. The van der Waals surface area contributed by atoms with E-state index in [0.717, 1.165) is 5.56 Å². The molecule has 2 aromatic carbocycles. The van der Waals surface area contributed by atoms with Crippen molar-refractivity contribution in [1.29, 1.82) is 0 Å². The molecule has 0 heterocycles. The Labute approximate surface area is 140 Å². The molecule has 0 aliphatic carbocycles. The summed E-state index contributed by atoms with van der Waals surface area (Å²) in [6.07, 6.45) is 0.0973. The van der Waals surface area contributed by atoms with Crippen LogP contribution in [0.4, 0.5) is 0 Å². The quantitative estimate of drug-likeness (QED) is 0.852. The zero-order chi connectivity index (χ0) is 16.8. The van der Waals surface area contributed by atoms with Gasteiger partial charge in [-0.15, -0.1) is 0 Å². The summed E-state index contributed by atoms with van der Waals surface area (Å²) in [5.74, 6) is -0.638. The van der Waals surface area contributed by atoms with Gasteiger partial charge in [0.25, 0.3) is 0 Å². The van der Waals surface area contributed by atoms with Gasteiger partial charge in [-0.25, -0.2) is 4.79 Å². The number of amides is 1. The first-order valence-electron chi connectivity index (χ1n) is 7.23. The minimum Gasteiger partial charge on any atom is -0.465 e. The van der Waals surface area contributed by atoms with Crippen molar-refractivity contribution in [3.05, 3.63) is 70.2 Å². The number of benzene rings is 2. The molecule has 2 aromatic rings. The predicted molar refractivity (Wildman–Crippen MR) is 89.5 cm³/mol. The standard InChI is InChI=1S/C18H18ClNO3/c1-12(14-8-5-6-10-16(14)19)20-17(21)11-13-7-3-4-9-15(13)18(22)23-2/h3-10,12H,11H2,1-2H3,(H,20,21)/t12-/m0/s1. The number of hydrogen-bond acceptors (Lipinski definition) is 3. The molecule has 0 radical (unpaired) electrons. The summed E-state index contributed by atoms with van der Waals surface area (Å²) < 4.78 is 4.74. The van der Waals surface area contributed by atoms with E-state index < -0.39 is 5.97 Å². The van der Waals surface area contributed by atoms with Crippen molar-refractivity contribution >= 4 is 23.5 Å². The molecule has 0 spiro atoms. The van der Waals surface area contributed by atoms with E-state index in [1.807, 2.05) is 25.1 Å². The molecule has 120 valence electrons. The highest BCUT2D eigenvalue weighted by Gasteiger charge is 2.16. The Morgan fingerprint density at radius 3 is 2.48 bits per heavy atom. The van der Waals surface area contributed by atoms with Crippen LogP contribution in [0.15, 0.2) is 48.5 Å². The van der Waals surface area contributed by atoms with Crippen LogP contribution in [-0.2, 0) is 16.0 Å². The van der Waals surface area contributed by atoms with E-state index in [1.165, 1.54) is 7.11 Å². The topological polar surface area (TPSA) is 55.4 Å². The average Bonchev–Trinajstić information content (AvgIpc) is 2.54. The Kier molecular flexibility index (Phi) is 5.77. The molecule has 2 rings (SSSR count). The molecule has 0 unspecified atom stereocenters. The molecular weight excluding hydrogens is 314 g/mol. The smallest absolute Gasteiger partial charge is 0.338 e. The van der Waals surface area contributed by atoms with Crippen molar-refractivity contribution in [3.8, 4) is 0 Å². The second-order valence-electron chi connectivity index (χ2n) is 5.14. The molecule has 4 nitrogen and oxygen atoms in total. The van der Waals surface area contributed by atoms with Crippen LogP contribution in [0.5, 0.6) is 0 Å². The number of halogens is 1. The lowest BCUT2D eigenvalue weighted by Crippen LogP contribution is -2.28. The van der Waals surface area contributed by atoms with Crippen LogP contribution in [0.1, 0.15) is 34.5 Å². The Balaban J connectivity index is 2.09. The largest absolute Gasteiger partial charge is 0.465 e. The lowest BCUT2D eigenvalue weighted by molar-refractivity contribution is -0.121. The van der Waals surface area contributed by atoms with Crippen LogP contribution in [0.3, 0.4) is 0 Å². The number of ether oxygens (including phenoxy) is 1. The van der Waals surface area contributed by atoms with Gasteiger partial charge in [-0.2, -0.15) is 0 Å². The van der Waals surface area contributed by atoms with Crippen molar-refractivity contribution in [1.82, 2.24) is 5.32 Å². The molecule has 0 bridgehead atoms. The molecular formula is C18H18ClNO3. The molecule has 0 aromatic heterocycles. The summed E-state index contributed by atoms with van der Waals surface area (Å²) in [6.45, 7) is 1.87. The van der Waals surface area contributed by atoms with Crippen molar-refractivity contribution in [2.24, 2.45) is 0 Å². The molecule has 1 N–H and O–H groups in total. The third kappa shape index (κ3) is 4.33. The molecule has 23 heavy (non-hydrogen) atoms. The van der Waals surface area contributed by atoms with Gasteiger partial charge in [0.2, 0.25) is 5.91 Å². The molecule has 1 atom stereocenters. The first kappa shape index (κ1) is 17.0. The second-order valence-corrected chi connectivity index (χ2v) is 5.54. The fourth-order valence-corrected chi connectivity index (χ4v) is 2.65. The number of esters is 1. The summed E-state index contributed by atoms with van der Waals surface area (Å²) in [4.78, 5) is 24.0. The highest BCUT2D eigenvalue weighted by atomic mass is 35.5. The SMILES string of the molecule is COC(=O)c1ccccc1CC(=O)N[C@@H](C)c1ccccc1Cl. The number of carbonyl (C=O) groups is 2. The van der Waals surface area contributed by atoms with E-state index >= 15 is 0 Å². The number of carbonyl (C=O) groups excluding carboxylic acids is 2. The summed E-state index contributed by atoms with van der Waals surface area (Å²) in [7, 11) is 1.32. The van der Waals surface area contributed by atoms with E-state index in [2.05, 4.69) is 5.32 Å². The van der Waals surface area contributed by atoms with Gasteiger partial charge in [-0.05, 0) is 30.2 Å². The van der Waals surface area contributed by atoms with Gasteiger partial charge in [0.1, 0.15) is 0 Å². The fraction of sp³-hybridized carbons (Fsp3) is 0.222. The Morgan fingerprint density at radius 2 is 1.78 bits per heavy atom. The Hall–Kier alpha value is -2.33. The zero-order valence-electron chi connectivity index (χ0n) is 13.0. The molecule has 5 heteroatoms. The Morgan fingerprint density at radius 1 is 1.13 bits per heavy atom. The second kappa shape index (κ2) is 7.79. The van der Waals surface area contributed by atoms with Crippen LogP contribution < -0.4 is 5.32 Å². The monoisotopic (exact) mass is 331 g/mol. The highest BCUT2D eigenvalue weighted by Crippen LogP contribution is 2.22. The summed E-state index contributed by atoms with van der Waals surface area (Å²) >= 11 is 6.14. The lowest BCUT2D eigenvalue weighted by Gasteiger charge is -2.16. The van der Waals surface area contributed by atoms with Crippen LogP contribution in [0.25, 0.3) is 0 Å². The summed E-state index contributed by atoms with van der Waals surface area (Å²) in [5, 5.41) is 3.50. The fourth-order valence-electron chi connectivity index (χ4n) is 2.35. The first-order valence-corrected chi connectivity index (χ1v) is 7.60. The van der Waals surface area contributed by atoms with Gasteiger partial charge >= 0.3 is 5.97 Å². The van der Waals surface area contributed by atoms with Gasteiger partial charge in [-0.3, -0.25) is 4.79 Å². The van der Waals surface area contributed by atoms with Gasteiger partial charge < -0.3 is 10.1 Å². The van der Waals surface area contributed by atoms with Gasteiger partial charge in [0.05, 0.1) is 25.1 Å². The minimum absolute atomic E-state index is 0.0973. The first-order chi connectivity index (χ1) is 11.0. The number of methoxy groups -OCH3 is 1. The number of nitrogens with one attached hydrogen (secondary N) is 1. The van der Waals surface area contributed by atoms with Gasteiger partial charge in [-0.1, -0.05) is 48.0 Å². The molecule has 0 saturated heterocycles. The summed E-state index contributed by atoms with van der Waals surface area (Å²) in [5.41, 5.74) is 1.88. The van der Waals surface area contributed by atoms with Crippen LogP contribution in [0.2, 0.25) is 5.02 Å². The Bertz CT molecular complexity index is 715. The third-order valence-electron chi connectivity index (χ3n) is 3.52.